The number of amides is 1. The number of halogens is 1. The Balaban J connectivity index is 1.74. The fourth-order valence-electron chi connectivity index (χ4n) is 2.46. The summed E-state index contributed by atoms with van der Waals surface area (Å²) >= 11 is 7.60. The van der Waals surface area contributed by atoms with Crippen LogP contribution in [0, 0.1) is 0 Å². The van der Waals surface area contributed by atoms with Crippen LogP contribution in [0.4, 0.5) is 0 Å². The van der Waals surface area contributed by atoms with Crippen LogP contribution in [-0.4, -0.2) is 31.2 Å². The number of nitrogens with zero attached hydrogens (tertiary/aromatic N) is 1. The molecule has 0 fully saturated rings. The lowest BCUT2D eigenvalue weighted by Gasteiger charge is -2.11. The van der Waals surface area contributed by atoms with Gasteiger partial charge in [0.2, 0.25) is 0 Å². The number of thiazole rings is 1. The van der Waals surface area contributed by atoms with Crippen LogP contribution in [0.15, 0.2) is 36.4 Å². The molecular weight excluding hydrogens is 384 g/mol. The van der Waals surface area contributed by atoms with Gasteiger partial charge in [-0.1, -0.05) is 23.7 Å². The maximum atomic E-state index is 11.5. The Labute approximate surface area is 166 Å². The van der Waals surface area contributed by atoms with E-state index in [9.17, 15) is 4.79 Å². The van der Waals surface area contributed by atoms with Crippen LogP contribution in [0.5, 0.6) is 11.5 Å². The number of carbonyl (C=O) groups is 1. The van der Waals surface area contributed by atoms with Gasteiger partial charge in [0, 0.05) is 11.6 Å². The number of hydrogen-bond acceptors (Lipinski definition) is 5. The SMILES string of the molecule is CCNC(=O)COc1ccc(/C=C/c2nc3cc(Cl)ccc3s2)cc1OC. The lowest BCUT2D eigenvalue weighted by atomic mass is 10.2. The molecule has 3 rings (SSSR count). The summed E-state index contributed by atoms with van der Waals surface area (Å²) in [6, 6.07) is 11.2. The molecule has 7 heteroatoms. The summed E-state index contributed by atoms with van der Waals surface area (Å²) in [5, 5.41) is 4.26. The number of benzene rings is 2. The Hall–Kier alpha value is -2.57. The molecule has 5 nitrogen and oxygen atoms in total. The van der Waals surface area contributed by atoms with E-state index in [0.717, 1.165) is 20.8 Å². The number of methoxy groups -OCH3 is 1. The Morgan fingerprint density at radius 1 is 1.22 bits per heavy atom. The fourth-order valence-corrected chi connectivity index (χ4v) is 3.47. The minimum Gasteiger partial charge on any atom is -0.493 e. The van der Waals surface area contributed by atoms with E-state index in [1.807, 2.05) is 49.4 Å². The molecular formula is C20H19ClN2O3S. The standard InChI is InChI=1S/C20H19ClN2O3S/c1-3-22-19(24)12-26-16-7-4-13(10-17(16)25-2)5-9-20-23-15-11-14(21)6-8-18(15)27-20/h4-11H,3,12H2,1-2H3,(H,22,24)/b9-5+. The molecule has 1 aromatic heterocycles. The molecule has 0 aliphatic heterocycles. The molecule has 1 amide bonds. The third kappa shape index (κ3) is 4.99. The molecule has 3 aromatic rings. The van der Waals surface area contributed by atoms with Gasteiger partial charge >= 0.3 is 0 Å². The average molecular weight is 403 g/mol. The lowest BCUT2D eigenvalue weighted by molar-refractivity contribution is -0.123. The number of aromatic nitrogens is 1. The highest BCUT2D eigenvalue weighted by molar-refractivity contribution is 7.19. The molecule has 0 unspecified atom stereocenters. The number of carbonyl (C=O) groups excluding carboxylic acids is 1. The predicted molar refractivity (Wildman–Crippen MR) is 111 cm³/mol. The van der Waals surface area contributed by atoms with Crippen molar-refractivity contribution in [3.63, 3.8) is 0 Å². The molecule has 0 bridgehead atoms. The van der Waals surface area contributed by atoms with Gasteiger partial charge in [-0.3, -0.25) is 4.79 Å². The highest BCUT2D eigenvalue weighted by Gasteiger charge is 2.08. The van der Waals surface area contributed by atoms with E-state index in [2.05, 4.69) is 10.3 Å². The zero-order chi connectivity index (χ0) is 19.2. The topological polar surface area (TPSA) is 60.5 Å². The zero-order valence-electron chi connectivity index (χ0n) is 15.0. The quantitative estimate of drug-likeness (QED) is 0.625. The molecule has 0 radical (unpaired) electrons. The van der Waals surface area contributed by atoms with Crippen molar-refractivity contribution in [1.82, 2.24) is 10.3 Å². The zero-order valence-corrected chi connectivity index (χ0v) is 16.6. The van der Waals surface area contributed by atoms with Crippen molar-refractivity contribution in [2.24, 2.45) is 0 Å². The molecule has 2 aromatic carbocycles. The third-order valence-electron chi connectivity index (χ3n) is 3.70. The van der Waals surface area contributed by atoms with Gasteiger partial charge in [0.1, 0.15) is 5.01 Å². The molecule has 1 N–H and O–H groups in total. The first kappa shape index (κ1) is 19.2. The van der Waals surface area contributed by atoms with E-state index in [0.29, 0.717) is 23.1 Å². The largest absolute Gasteiger partial charge is 0.493 e. The fraction of sp³-hybridized carbons (Fsp3) is 0.200. The van der Waals surface area contributed by atoms with E-state index in [-0.39, 0.29) is 12.5 Å². The van der Waals surface area contributed by atoms with Crippen molar-refractivity contribution >= 4 is 51.2 Å². The van der Waals surface area contributed by atoms with E-state index < -0.39 is 0 Å². The summed E-state index contributed by atoms with van der Waals surface area (Å²) in [5.74, 6) is 0.924. The molecule has 1 heterocycles. The van der Waals surface area contributed by atoms with Crippen LogP contribution in [0.2, 0.25) is 5.02 Å². The smallest absolute Gasteiger partial charge is 0.257 e. The second kappa shape index (κ2) is 8.88. The van der Waals surface area contributed by atoms with Crippen molar-refractivity contribution < 1.29 is 14.3 Å². The molecule has 0 aliphatic carbocycles. The number of rotatable bonds is 7. The Bertz CT molecular complexity index is 985. The molecule has 27 heavy (non-hydrogen) atoms. The normalized spacial score (nSPS) is 11.1. The minimum absolute atomic E-state index is 0.0480. The maximum Gasteiger partial charge on any atom is 0.257 e. The van der Waals surface area contributed by atoms with Gasteiger partial charge in [-0.05, 0) is 48.9 Å². The van der Waals surface area contributed by atoms with E-state index in [1.165, 1.54) is 0 Å². The summed E-state index contributed by atoms with van der Waals surface area (Å²) in [4.78, 5) is 16.1. The second-order valence-corrected chi connectivity index (χ2v) is 7.15. The van der Waals surface area contributed by atoms with Gasteiger partial charge < -0.3 is 14.8 Å². The van der Waals surface area contributed by atoms with Gasteiger partial charge in [0.05, 0.1) is 17.3 Å². The highest BCUT2D eigenvalue weighted by Crippen LogP contribution is 2.30. The summed E-state index contributed by atoms with van der Waals surface area (Å²) in [7, 11) is 1.57. The summed E-state index contributed by atoms with van der Waals surface area (Å²) in [5.41, 5.74) is 1.83. The molecule has 140 valence electrons. The van der Waals surface area contributed by atoms with Gasteiger partial charge in [-0.25, -0.2) is 4.98 Å². The van der Waals surface area contributed by atoms with Gasteiger partial charge in [0.25, 0.3) is 5.91 Å². The molecule has 0 spiro atoms. The van der Waals surface area contributed by atoms with Crippen molar-refractivity contribution in [2.75, 3.05) is 20.3 Å². The van der Waals surface area contributed by atoms with E-state index in [1.54, 1.807) is 24.5 Å². The molecule has 0 saturated carbocycles. The Morgan fingerprint density at radius 3 is 2.85 bits per heavy atom. The van der Waals surface area contributed by atoms with Crippen molar-refractivity contribution in [3.8, 4) is 11.5 Å². The van der Waals surface area contributed by atoms with Crippen LogP contribution in [0.3, 0.4) is 0 Å². The molecule has 0 atom stereocenters. The summed E-state index contributed by atoms with van der Waals surface area (Å²) in [6.45, 7) is 2.38. The number of fused-ring (bicyclic) bond motifs is 1. The van der Waals surface area contributed by atoms with Crippen LogP contribution < -0.4 is 14.8 Å². The monoisotopic (exact) mass is 402 g/mol. The molecule has 0 aliphatic rings. The maximum absolute atomic E-state index is 11.5. The lowest BCUT2D eigenvalue weighted by Crippen LogP contribution is -2.28. The predicted octanol–water partition coefficient (Wildman–Crippen LogP) is 4.64. The third-order valence-corrected chi connectivity index (χ3v) is 4.94. The van der Waals surface area contributed by atoms with Crippen LogP contribution in [0.25, 0.3) is 22.4 Å². The van der Waals surface area contributed by atoms with Crippen molar-refractivity contribution in [3.05, 3.63) is 52.0 Å². The molecule has 0 saturated heterocycles. The summed E-state index contributed by atoms with van der Waals surface area (Å²) < 4.78 is 12.0. The number of ether oxygens (including phenoxy) is 2. The van der Waals surface area contributed by atoms with Crippen LogP contribution in [-0.2, 0) is 4.79 Å². The highest BCUT2D eigenvalue weighted by atomic mass is 35.5. The van der Waals surface area contributed by atoms with Crippen LogP contribution >= 0.6 is 22.9 Å². The van der Waals surface area contributed by atoms with Crippen LogP contribution in [0.1, 0.15) is 17.5 Å². The van der Waals surface area contributed by atoms with E-state index >= 15 is 0 Å². The van der Waals surface area contributed by atoms with Gasteiger partial charge in [0.15, 0.2) is 18.1 Å². The van der Waals surface area contributed by atoms with Gasteiger partial charge in [-0.2, -0.15) is 0 Å². The first-order valence-corrected chi connectivity index (χ1v) is 9.60. The van der Waals surface area contributed by atoms with Gasteiger partial charge in [-0.15, -0.1) is 11.3 Å². The second-order valence-electron chi connectivity index (χ2n) is 5.65. The first-order chi connectivity index (χ1) is 13.1. The number of nitrogens with one attached hydrogen (secondary N) is 1. The average Bonchev–Trinajstić information content (AvgIpc) is 3.07. The Kier molecular flexibility index (Phi) is 6.32. The minimum atomic E-state index is -0.167. The van der Waals surface area contributed by atoms with E-state index in [4.69, 9.17) is 21.1 Å². The Morgan fingerprint density at radius 2 is 2.07 bits per heavy atom. The number of hydrogen-bond donors (Lipinski definition) is 1. The first-order valence-electron chi connectivity index (χ1n) is 8.40. The summed E-state index contributed by atoms with van der Waals surface area (Å²) in [6.07, 6.45) is 3.90. The number of likely N-dealkylation sites (N-methyl/N-ethyl adjacent to an activating group) is 1. The van der Waals surface area contributed by atoms with Crippen molar-refractivity contribution in [1.29, 1.82) is 0 Å². The van der Waals surface area contributed by atoms with Crippen molar-refractivity contribution in [2.45, 2.75) is 6.92 Å².